The van der Waals surface area contributed by atoms with E-state index in [0.717, 1.165) is 38.5 Å². The number of nitrogens with two attached hydrogens (primary N) is 1. The maximum absolute atomic E-state index is 12.6. The highest BCUT2D eigenvalue weighted by atomic mass is 31.2. The molecule has 0 aliphatic carbocycles. The number of allylic oxidation sites excluding steroid dienone is 8. The van der Waals surface area contributed by atoms with Gasteiger partial charge >= 0.3 is 19.8 Å². The average molecular weight is 852 g/mol. The second kappa shape index (κ2) is 45.5. The van der Waals surface area contributed by atoms with Gasteiger partial charge in [-0.3, -0.25) is 18.6 Å². The largest absolute Gasteiger partial charge is 0.472 e. The lowest BCUT2D eigenvalue weighted by Crippen LogP contribution is -2.29. The standard InChI is InChI=1S/C49H90NO8P/c1-3-5-7-9-11-13-15-17-19-21-22-23-24-26-27-29-31-33-35-37-39-41-48(51)55-45-47(46-57-59(53,54)56-44-43-50)58-49(52)42-40-38-36-34-32-30-28-25-20-18-16-14-12-10-8-6-4-2/h17-20,28,30,34,36,47H,3-16,21-27,29,31-33,35,37-46,50H2,1-2H3,(H,53,54)/t47-/m1/s1. The van der Waals surface area contributed by atoms with E-state index in [-0.39, 0.29) is 32.6 Å². The molecule has 0 aromatic heterocycles. The zero-order chi connectivity index (χ0) is 43.2. The molecule has 0 spiro atoms. The summed E-state index contributed by atoms with van der Waals surface area (Å²) in [7, 11) is -4.39. The van der Waals surface area contributed by atoms with Gasteiger partial charge in [0.05, 0.1) is 13.2 Å². The second-order valence-electron chi connectivity index (χ2n) is 16.0. The minimum atomic E-state index is -4.39. The van der Waals surface area contributed by atoms with Gasteiger partial charge in [0, 0.05) is 19.4 Å². The first-order chi connectivity index (χ1) is 28.8. The summed E-state index contributed by atoms with van der Waals surface area (Å²) >= 11 is 0. The number of rotatable bonds is 45. The van der Waals surface area contributed by atoms with E-state index in [0.29, 0.717) is 12.8 Å². The van der Waals surface area contributed by atoms with E-state index in [9.17, 15) is 19.0 Å². The van der Waals surface area contributed by atoms with Crippen molar-refractivity contribution >= 4 is 19.8 Å². The fourth-order valence-corrected chi connectivity index (χ4v) is 7.35. The van der Waals surface area contributed by atoms with Crippen LogP contribution in [0.5, 0.6) is 0 Å². The molecule has 2 atom stereocenters. The van der Waals surface area contributed by atoms with E-state index in [2.05, 4.69) is 56.4 Å². The van der Waals surface area contributed by atoms with E-state index >= 15 is 0 Å². The van der Waals surface area contributed by atoms with Gasteiger partial charge in [0.15, 0.2) is 6.10 Å². The Kier molecular flexibility index (Phi) is 43.9. The number of hydrogen-bond acceptors (Lipinski definition) is 8. The van der Waals surface area contributed by atoms with Crippen molar-refractivity contribution in [2.75, 3.05) is 26.4 Å². The SMILES string of the molecule is CCCCCCCCC=CCC=CCC=CCCCC(=O)O[C@H](COC(=O)CCCCCCCCCCCCCC=CCCCCCCCC)COP(=O)(O)OCCN. The number of esters is 2. The molecular weight excluding hydrogens is 762 g/mol. The number of hydrogen-bond donors (Lipinski definition) is 2. The number of carbonyl (C=O) groups is 2. The van der Waals surface area contributed by atoms with Crippen LogP contribution in [0.1, 0.15) is 219 Å². The molecule has 0 fully saturated rings. The Morgan fingerprint density at radius 1 is 0.508 bits per heavy atom. The third kappa shape index (κ3) is 45.3. The molecule has 0 aliphatic rings. The Morgan fingerprint density at radius 2 is 0.898 bits per heavy atom. The Labute approximate surface area is 362 Å². The number of phosphoric acid groups is 1. The minimum absolute atomic E-state index is 0.0449. The first kappa shape index (κ1) is 57.0. The highest BCUT2D eigenvalue weighted by Crippen LogP contribution is 2.43. The number of phosphoric ester groups is 1. The maximum atomic E-state index is 12.6. The number of unbranched alkanes of at least 4 members (excludes halogenated alkanes) is 24. The molecule has 1 unspecified atom stereocenters. The van der Waals surface area contributed by atoms with Gasteiger partial charge in [-0.25, -0.2) is 4.57 Å². The Balaban J connectivity index is 4.14. The van der Waals surface area contributed by atoms with Gasteiger partial charge in [-0.15, -0.1) is 0 Å². The first-order valence-electron chi connectivity index (χ1n) is 24.1. The fourth-order valence-electron chi connectivity index (χ4n) is 6.59. The van der Waals surface area contributed by atoms with Gasteiger partial charge < -0.3 is 20.1 Å². The highest BCUT2D eigenvalue weighted by Gasteiger charge is 2.26. The smallest absolute Gasteiger partial charge is 0.462 e. The van der Waals surface area contributed by atoms with Gasteiger partial charge in [-0.1, -0.05) is 184 Å². The van der Waals surface area contributed by atoms with Crippen LogP contribution in [0.25, 0.3) is 0 Å². The Hall–Kier alpha value is -2.03. The number of ether oxygens (including phenoxy) is 2. The maximum Gasteiger partial charge on any atom is 0.472 e. The van der Waals surface area contributed by atoms with Crippen LogP contribution in [-0.4, -0.2) is 49.3 Å². The fraction of sp³-hybridized carbons (Fsp3) is 0.796. The van der Waals surface area contributed by atoms with Gasteiger partial charge in [-0.05, 0) is 70.6 Å². The molecule has 10 heteroatoms. The molecule has 0 heterocycles. The molecule has 3 N–H and O–H groups in total. The van der Waals surface area contributed by atoms with Crippen molar-refractivity contribution in [2.45, 2.75) is 225 Å². The Morgan fingerprint density at radius 3 is 1.37 bits per heavy atom. The van der Waals surface area contributed by atoms with Gasteiger partial charge in [0.1, 0.15) is 6.61 Å². The van der Waals surface area contributed by atoms with Crippen LogP contribution in [0, 0.1) is 0 Å². The summed E-state index contributed by atoms with van der Waals surface area (Å²) < 4.78 is 32.8. The van der Waals surface area contributed by atoms with E-state index in [1.807, 2.05) is 6.08 Å². The Bertz CT molecular complexity index is 1110. The van der Waals surface area contributed by atoms with Crippen LogP contribution in [0.3, 0.4) is 0 Å². The van der Waals surface area contributed by atoms with Crippen molar-refractivity contribution in [1.82, 2.24) is 0 Å². The quantitative estimate of drug-likeness (QED) is 0.0266. The van der Waals surface area contributed by atoms with Crippen LogP contribution >= 0.6 is 7.82 Å². The summed E-state index contributed by atoms with van der Waals surface area (Å²) in [5, 5.41) is 0. The third-order valence-electron chi connectivity index (χ3n) is 10.2. The lowest BCUT2D eigenvalue weighted by molar-refractivity contribution is -0.161. The van der Waals surface area contributed by atoms with Crippen LogP contribution < -0.4 is 5.73 Å². The first-order valence-corrected chi connectivity index (χ1v) is 25.6. The molecular formula is C49H90NO8P. The van der Waals surface area contributed by atoms with Gasteiger partial charge in [0.2, 0.25) is 0 Å². The zero-order valence-corrected chi connectivity index (χ0v) is 38.9. The van der Waals surface area contributed by atoms with Crippen LogP contribution in [-0.2, 0) is 32.7 Å². The molecule has 0 aromatic rings. The number of carbonyl (C=O) groups excluding carboxylic acids is 2. The normalized spacial score (nSPS) is 13.6. The van der Waals surface area contributed by atoms with Crippen molar-refractivity contribution in [3.8, 4) is 0 Å². The zero-order valence-electron chi connectivity index (χ0n) is 38.0. The lowest BCUT2D eigenvalue weighted by Gasteiger charge is -2.19. The van der Waals surface area contributed by atoms with Crippen LogP contribution in [0.4, 0.5) is 0 Å². The summed E-state index contributed by atoms with van der Waals surface area (Å²) in [6, 6.07) is 0. The third-order valence-corrected chi connectivity index (χ3v) is 11.2. The topological polar surface area (TPSA) is 134 Å². The van der Waals surface area contributed by atoms with Gasteiger partial charge in [0.25, 0.3) is 0 Å². The van der Waals surface area contributed by atoms with E-state index < -0.39 is 32.5 Å². The highest BCUT2D eigenvalue weighted by molar-refractivity contribution is 7.47. The van der Waals surface area contributed by atoms with Crippen molar-refractivity contribution in [1.29, 1.82) is 0 Å². The van der Waals surface area contributed by atoms with Crippen LogP contribution in [0.2, 0.25) is 0 Å². The summed E-state index contributed by atoms with van der Waals surface area (Å²) in [6.45, 7) is 3.68. The van der Waals surface area contributed by atoms with E-state index in [4.69, 9.17) is 24.3 Å². The molecule has 0 bridgehead atoms. The van der Waals surface area contributed by atoms with E-state index in [1.54, 1.807) is 0 Å². The van der Waals surface area contributed by atoms with Crippen molar-refractivity contribution < 1.29 is 37.6 Å². The van der Waals surface area contributed by atoms with Crippen molar-refractivity contribution in [3.63, 3.8) is 0 Å². The second-order valence-corrected chi connectivity index (χ2v) is 17.4. The van der Waals surface area contributed by atoms with Gasteiger partial charge in [-0.2, -0.15) is 0 Å². The van der Waals surface area contributed by atoms with Crippen molar-refractivity contribution in [3.05, 3.63) is 48.6 Å². The molecule has 0 amide bonds. The lowest BCUT2D eigenvalue weighted by atomic mass is 10.0. The molecule has 0 radical (unpaired) electrons. The van der Waals surface area contributed by atoms with Crippen LogP contribution in [0.15, 0.2) is 48.6 Å². The van der Waals surface area contributed by atoms with E-state index in [1.165, 1.54) is 141 Å². The average Bonchev–Trinajstić information content (AvgIpc) is 3.22. The molecule has 344 valence electrons. The molecule has 9 nitrogen and oxygen atoms in total. The monoisotopic (exact) mass is 852 g/mol. The summed E-state index contributed by atoms with van der Waals surface area (Å²) in [4.78, 5) is 34.9. The molecule has 0 aliphatic heterocycles. The molecule has 0 saturated heterocycles. The predicted octanol–water partition coefficient (Wildman–Crippen LogP) is 14.3. The van der Waals surface area contributed by atoms with Crippen molar-refractivity contribution in [2.24, 2.45) is 5.73 Å². The minimum Gasteiger partial charge on any atom is -0.462 e. The summed E-state index contributed by atoms with van der Waals surface area (Å²) in [6.07, 6.45) is 53.0. The summed E-state index contributed by atoms with van der Waals surface area (Å²) in [5.41, 5.74) is 5.35. The summed E-state index contributed by atoms with van der Waals surface area (Å²) in [5.74, 6) is -0.887. The predicted molar refractivity (Wildman–Crippen MR) is 247 cm³/mol. The molecule has 59 heavy (non-hydrogen) atoms. The molecule has 0 aromatic carbocycles. The molecule has 0 saturated carbocycles. The molecule has 0 rings (SSSR count).